The van der Waals surface area contributed by atoms with E-state index in [4.69, 9.17) is 21.3 Å². The summed E-state index contributed by atoms with van der Waals surface area (Å²) in [4.78, 5) is 11.9. The molecule has 2 aromatic heterocycles. The van der Waals surface area contributed by atoms with Crippen molar-refractivity contribution in [1.29, 1.82) is 0 Å². The van der Waals surface area contributed by atoms with E-state index in [1.165, 1.54) is 5.56 Å². The van der Waals surface area contributed by atoms with E-state index in [9.17, 15) is 5.11 Å². The van der Waals surface area contributed by atoms with Crippen LogP contribution in [0.15, 0.2) is 30.7 Å². The van der Waals surface area contributed by atoms with Crippen LogP contribution in [-0.2, 0) is 10.3 Å². The molecule has 4 heterocycles. The van der Waals surface area contributed by atoms with Gasteiger partial charge < -0.3 is 15.2 Å². The number of halogens is 1. The fourth-order valence-corrected chi connectivity index (χ4v) is 7.48. The maximum atomic E-state index is 10.5. The van der Waals surface area contributed by atoms with E-state index in [-0.39, 0.29) is 16.5 Å². The number of ether oxygens (including phenoxy) is 1. The molecule has 0 amide bonds. The quantitative estimate of drug-likeness (QED) is 0.478. The largest absolute Gasteiger partial charge is 0.390 e. The van der Waals surface area contributed by atoms with E-state index >= 15 is 0 Å². The first-order valence-corrected chi connectivity index (χ1v) is 13.8. The lowest BCUT2D eigenvalue weighted by Gasteiger charge is -2.74. The standard InChI is InChI=1S/C28H35ClN6O2/c1-25(2,36)27-13-28(14-27,15-27)35-12-20(11-31-35)32-24-30-10-19-8-22(29)21(9-23(19)33-24)18-4-6-34(7-5-18)26(3)16-37-17-26/h8-12,18,36H,4-7,13-17H2,1-3H3,(H,30,32,33). The SMILES string of the molecule is CC1(N2CCC(c3cc4nc(Nc5cnn(C67CC(C(C)(C)O)(C6)C7)c5)ncc4cc3Cl)CC2)COC1. The average molecular weight is 523 g/mol. The zero-order chi connectivity index (χ0) is 25.6. The van der Waals surface area contributed by atoms with E-state index < -0.39 is 5.60 Å². The van der Waals surface area contributed by atoms with Gasteiger partial charge in [-0.15, -0.1) is 0 Å². The number of benzene rings is 1. The van der Waals surface area contributed by atoms with Crippen molar-refractivity contribution in [2.45, 2.75) is 75.5 Å². The Bertz CT molecular complexity index is 1350. The second-order valence-corrected chi connectivity index (χ2v) is 13.2. The molecule has 2 saturated heterocycles. The third-order valence-corrected chi connectivity index (χ3v) is 10.2. The molecule has 0 atom stereocenters. The van der Waals surface area contributed by atoms with Crippen LogP contribution in [-0.4, -0.2) is 67.2 Å². The Balaban J connectivity index is 1.06. The normalized spacial score (nSPS) is 29.4. The maximum Gasteiger partial charge on any atom is 0.227 e. The van der Waals surface area contributed by atoms with Gasteiger partial charge in [0.05, 0.1) is 47.3 Å². The highest BCUT2D eigenvalue weighted by Gasteiger charge is 2.74. The molecule has 2 N–H and O–H groups in total. The van der Waals surface area contributed by atoms with Crippen molar-refractivity contribution in [1.82, 2.24) is 24.6 Å². The van der Waals surface area contributed by atoms with Crippen molar-refractivity contribution in [3.8, 4) is 0 Å². The van der Waals surface area contributed by atoms with E-state index in [0.29, 0.717) is 11.9 Å². The summed E-state index contributed by atoms with van der Waals surface area (Å²) in [6, 6.07) is 4.16. The Morgan fingerprint density at radius 3 is 2.51 bits per heavy atom. The van der Waals surface area contributed by atoms with Crippen molar-refractivity contribution in [2.24, 2.45) is 5.41 Å². The zero-order valence-electron chi connectivity index (χ0n) is 21.8. The number of aromatic nitrogens is 4. The summed E-state index contributed by atoms with van der Waals surface area (Å²) in [5.41, 5.74) is 2.63. The van der Waals surface area contributed by atoms with Crippen molar-refractivity contribution >= 4 is 34.1 Å². The molecule has 2 bridgehead atoms. The van der Waals surface area contributed by atoms with Crippen LogP contribution in [0, 0.1) is 5.41 Å². The van der Waals surface area contributed by atoms with Gasteiger partial charge in [0.1, 0.15) is 0 Å². The number of piperidine rings is 1. The van der Waals surface area contributed by atoms with Crippen molar-refractivity contribution in [3.05, 3.63) is 41.3 Å². The van der Waals surface area contributed by atoms with Crippen molar-refractivity contribution in [2.75, 3.05) is 31.6 Å². The lowest BCUT2D eigenvalue weighted by molar-refractivity contribution is -0.277. The first-order valence-electron chi connectivity index (χ1n) is 13.4. The number of anilines is 2. The van der Waals surface area contributed by atoms with Crippen LogP contribution in [0.5, 0.6) is 0 Å². The van der Waals surface area contributed by atoms with Gasteiger partial charge in [-0.3, -0.25) is 9.58 Å². The highest BCUT2D eigenvalue weighted by molar-refractivity contribution is 6.32. The lowest BCUT2D eigenvalue weighted by atomic mass is 9.35. The Kier molecular flexibility index (Phi) is 5.08. The third kappa shape index (κ3) is 3.63. The first-order chi connectivity index (χ1) is 17.6. The van der Waals surface area contributed by atoms with Crippen LogP contribution in [0.4, 0.5) is 11.6 Å². The van der Waals surface area contributed by atoms with Crippen LogP contribution in [0.25, 0.3) is 10.9 Å². The van der Waals surface area contributed by atoms with Crippen LogP contribution < -0.4 is 5.32 Å². The molecular formula is C28H35ClN6O2. The molecule has 37 heavy (non-hydrogen) atoms. The van der Waals surface area contributed by atoms with Gasteiger partial charge in [0, 0.05) is 28.2 Å². The van der Waals surface area contributed by atoms with Crippen LogP contribution in [0.2, 0.25) is 5.02 Å². The third-order valence-electron chi connectivity index (χ3n) is 9.85. The van der Waals surface area contributed by atoms with E-state index in [1.807, 2.05) is 38.5 Å². The molecule has 3 aromatic rings. The molecule has 196 valence electrons. The van der Waals surface area contributed by atoms with E-state index in [0.717, 1.165) is 80.0 Å². The predicted octanol–water partition coefficient (Wildman–Crippen LogP) is 4.84. The van der Waals surface area contributed by atoms with Crippen molar-refractivity contribution < 1.29 is 9.84 Å². The smallest absolute Gasteiger partial charge is 0.227 e. The van der Waals surface area contributed by atoms with Gasteiger partial charge in [-0.2, -0.15) is 5.10 Å². The molecule has 5 fully saturated rings. The number of likely N-dealkylation sites (tertiary alicyclic amines) is 1. The van der Waals surface area contributed by atoms with Crippen LogP contribution >= 0.6 is 11.6 Å². The Hall–Kier alpha value is -2.26. The monoisotopic (exact) mass is 522 g/mol. The van der Waals surface area contributed by atoms with Gasteiger partial charge in [-0.05, 0) is 89.6 Å². The molecule has 8 nitrogen and oxygen atoms in total. The van der Waals surface area contributed by atoms with E-state index in [1.54, 1.807) is 0 Å². The Labute approximate surface area is 222 Å². The number of nitrogens with one attached hydrogen (secondary N) is 1. The molecule has 3 aliphatic carbocycles. The molecular weight excluding hydrogens is 488 g/mol. The number of nitrogens with zero attached hydrogens (tertiary/aromatic N) is 5. The summed E-state index contributed by atoms with van der Waals surface area (Å²) in [7, 11) is 0. The minimum atomic E-state index is -0.635. The molecule has 2 aliphatic heterocycles. The molecule has 9 heteroatoms. The van der Waals surface area contributed by atoms with Gasteiger partial charge in [0.15, 0.2) is 0 Å². The fourth-order valence-electron chi connectivity index (χ4n) is 7.15. The Morgan fingerprint density at radius 2 is 1.86 bits per heavy atom. The molecule has 1 aromatic carbocycles. The summed E-state index contributed by atoms with van der Waals surface area (Å²) in [6.07, 6.45) is 10.8. The predicted molar refractivity (Wildman–Crippen MR) is 143 cm³/mol. The molecule has 3 saturated carbocycles. The topological polar surface area (TPSA) is 88.3 Å². The highest BCUT2D eigenvalue weighted by Crippen LogP contribution is 2.75. The molecule has 0 radical (unpaired) electrons. The highest BCUT2D eigenvalue weighted by atomic mass is 35.5. The zero-order valence-corrected chi connectivity index (χ0v) is 22.6. The maximum absolute atomic E-state index is 10.5. The lowest BCUT2D eigenvalue weighted by Crippen LogP contribution is -2.74. The fraction of sp³-hybridized carbons (Fsp3) is 0.607. The van der Waals surface area contributed by atoms with Gasteiger partial charge in [-0.1, -0.05) is 11.6 Å². The summed E-state index contributed by atoms with van der Waals surface area (Å²) in [6.45, 7) is 9.96. The van der Waals surface area contributed by atoms with Gasteiger partial charge in [0.25, 0.3) is 0 Å². The number of hydrogen-bond donors (Lipinski definition) is 2. The van der Waals surface area contributed by atoms with Crippen molar-refractivity contribution in [3.63, 3.8) is 0 Å². The Morgan fingerprint density at radius 1 is 1.14 bits per heavy atom. The summed E-state index contributed by atoms with van der Waals surface area (Å²) in [5, 5.41) is 20.2. The number of rotatable bonds is 6. The summed E-state index contributed by atoms with van der Waals surface area (Å²) in [5.74, 6) is 0.987. The van der Waals surface area contributed by atoms with Gasteiger partial charge in [0.2, 0.25) is 5.95 Å². The van der Waals surface area contributed by atoms with Gasteiger partial charge in [-0.25, -0.2) is 9.97 Å². The second-order valence-electron chi connectivity index (χ2n) is 12.8. The average Bonchev–Trinajstić information content (AvgIpc) is 3.22. The summed E-state index contributed by atoms with van der Waals surface area (Å²) < 4.78 is 7.53. The molecule has 8 rings (SSSR count). The van der Waals surface area contributed by atoms with Crippen LogP contribution in [0.1, 0.15) is 64.4 Å². The second kappa shape index (κ2) is 7.88. The number of aliphatic hydroxyl groups is 1. The van der Waals surface area contributed by atoms with Crippen LogP contribution in [0.3, 0.4) is 0 Å². The number of hydrogen-bond acceptors (Lipinski definition) is 7. The number of fused-ring (bicyclic) bond motifs is 1. The van der Waals surface area contributed by atoms with Gasteiger partial charge >= 0.3 is 0 Å². The molecule has 0 unspecified atom stereocenters. The van der Waals surface area contributed by atoms with E-state index in [2.05, 4.69) is 38.0 Å². The molecule has 5 aliphatic rings. The minimum absolute atomic E-state index is 0.0488. The minimum Gasteiger partial charge on any atom is -0.390 e. The first kappa shape index (κ1) is 23.8. The summed E-state index contributed by atoms with van der Waals surface area (Å²) >= 11 is 6.75. The molecule has 0 spiro atoms.